The van der Waals surface area contributed by atoms with E-state index in [0.717, 1.165) is 0 Å². The fourth-order valence-corrected chi connectivity index (χ4v) is 3.58. The Hall–Kier alpha value is -0.883. The Labute approximate surface area is 122 Å². The van der Waals surface area contributed by atoms with Crippen LogP contribution >= 0.6 is 0 Å². The standard InChI is InChI=1S/C14H27NO4Si/c1-9(19-20(6,7)14(2,3)4)12-10(15-13(12)17)8-11(16)18-5/h9-10,12H,8H2,1-7H3,(H,15,17)/t9-,10?,12?/m1/s1. The van der Waals surface area contributed by atoms with E-state index in [1.165, 1.54) is 7.11 Å². The third-order valence-corrected chi connectivity index (χ3v) is 9.04. The Morgan fingerprint density at radius 2 is 1.95 bits per heavy atom. The van der Waals surface area contributed by atoms with Crippen molar-refractivity contribution >= 4 is 20.2 Å². The molecule has 3 atom stereocenters. The number of hydrogen-bond acceptors (Lipinski definition) is 4. The number of amides is 1. The number of esters is 1. The first-order chi connectivity index (χ1) is 8.99. The third-order valence-electron chi connectivity index (χ3n) is 4.47. The van der Waals surface area contributed by atoms with E-state index in [9.17, 15) is 9.59 Å². The summed E-state index contributed by atoms with van der Waals surface area (Å²) in [5, 5.41) is 2.86. The number of methoxy groups -OCH3 is 1. The molecule has 1 N–H and O–H groups in total. The van der Waals surface area contributed by atoms with Crippen LogP contribution in [0.1, 0.15) is 34.1 Å². The molecule has 116 valence electrons. The minimum atomic E-state index is -1.92. The van der Waals surface area contributed by atoms with Crippen LogP contribution in [0, 0.1) is 5.92 Å². The maximum Gasteiger partial charge on any atom is 0.307 e. The second-order valence-corrected chi connectivity index (χ2v) is 11.8. The molecule has 1 heterocycles. The highest BCUT2D eigenvalue weighted by Gasteiger charge is 2.47. The van der Waals surface area contributed by atoms with Crippen molar-refractivity contribution in [2.24, 2.45) is 5.92 Å². The number of hydrogen-bond donors (Lipinski definition) is 1. The second kappa shape index (κ2) is 5.85. The van der Waals surface area contributed by atoms with Gasteiger partial charge in [0.2, 0.25) is 5.91 Å². The van der Waals surface area contributed by atoms with Gasteiger partial charge in [-0.3, -0.25) is 9.59 Å². The number of nitrogens with one attached hydrogen (secondary N) is 1. The van der Waals surface area contributed by atoms with E-state index in [-0.39, 0.29) is 41.4 Å². The minimum absolute atomic E-state index is 0.0369. The lowest BCUT2D eigenvalue weighted by atomic mass is 9.84. The van der Waals surface area contributed by atoms with Crippen LogP contribution < -0.4 is 5.32 Å². The molecule has 0 spiro atoms. The molecule has 0 aliphatic carbocycles. The molecule has 1 aliphatic rings. The predicted molar refractivity (Wildman–Crippen MR) is 79.8 cm³/mol. The maximum atomic E-state index is 11.8. The molecule has 0 saturated carbocycles. The molecular formula is C14H27NO4Si. The van der Waals surface area contributed by atoms with Crippen LogP contribution in [0.4, 0.5) is 0 Å². The van der Waals surface area contributed by atoms with Crippen molar-refractivity contribution in [1.29, 1.82) is 0 Å². The molecular weight excluding hydrogens is 274 g/mol. The molecule has 0 bridgehead atoms. The van der Waals surface area contributed by atoms with E-state index in [2.05, 4.69) is 43.9 Å². The third kappa shape index (κ3) is 3.61. The lowest BCUT2D eigenvalue weighted by molar-refractivity contribution is -0.147. The molecule has 5 nitrogen and oxygen atoms in total. The van der Waals surface area contributed by atoms with Gasteiger partial charge in [0.25, 0.3) is 0 Å². The summed E-state index contributed by atoms with van der Waals surface area (Å²) in [5.41, 5.74) is 0. The van der Waals surface area contributed by atoms with Crippen molar-refractivity contribution in [2.75, 3.05) is 7.11 Å². The maximum absolute atomic E-state index is 11.8. The number of β-lactam (4-membered cyclic amide) rings is 1. The van der Waals surface area contributed by atoms with Gasteiger partial charge in [0.05, 0.1) is 31.6 Å². The molecule has 2 unspecified atom stereocenters. The smallest absolute Gasteiger partial charge is 0.307 e. The average Bonchev–Trinajstić information content (AvgIpc) is 2.25. The first kappa shape index (κ1) is 17.2. The van der Waals surface area contributed by atoms with Crippen LogP contribution in [-0.4, -0.2) is 39.4 Å². The monoisotopic (exact) mass is 301 g/mol. The first-order valence-electron chi connectivity index (χ1n) is 7.04. The normalized spacial score (nSPS) is 24.6. The Morgan fingerprint density at radius 1 is 1.40 bits per heavy atom. The summed E-state index contributed by atoms with van der Waals surface area (Å²) in [6.45, 7) is 12.7. The number of carbonyl (C=O) groups excluding carboxylic acids is 2. The lowest BCUT2D eigenvalue weighted by Crippen LogP contribution is -2.64. The average molecular weight is 301 g/mol. The summed E-state index contributed by atoms with van der Waals surface area (Å²) in [6, 6.07) is -0.172. The van der Waals surface area contributed by atoms with Crippen molar-refractivity contribution in [3.63, 3.8) is 0 Å². The summed E-state index contributed by atoms with van der Waals surface area (Å²) >= 11 is 0. The van der Waals surface area contributed by atoms with Gasteiger partial charge in [0.15, 0.2) is 8.32 Å². The largest absolute Gasteiger partial charge is 0.469 e. The molecule has 0 aromatic heterocycles. The van der Waals surface area contributed by atoms with Crippen LogP contribution in [0.5, 0.6) is 0 Å². The molecule has 1 saturated heterocycles. The topological polar surface area (TPSA) is 64.6 Å². The Bertz CT molecular complexity index is 389. The molecule has 6 heteroatoms. The molecule has 0 radical (unpaired) electrons. The summed E-state index contributed by atoms with van der Waals surface area (Å²) in [7, 11) is -0.562. The molecule has 1 amide bonds. The van der Waals surface area contributed by atoms with Gasteiger partial charge in [-0.2, -0.15) is 0 Å². The zero-order valence-corrected chi connectivity index (χ0v) is 14.6. The summed E-state index contributed by atoms with van der Waals surface area (Å²) < 4.78 is 10.9. The first-order valence-corrected chi connectivity index (χ1v) is 9.95. The van der Waals surface area contributed by atoms with Crippen molar-refractivity contribution in [1.82, 2.24) is 5.32 Å². The molecule has 1 rings (SSSR count). The van der Waals surface area contributed by atoms with Crippen molar-refractivity contribution in [2.45, 2.75) is 64.4 Å². The van der Waals surface area contributed by atoms with Crippen molar-refractivity contribution < 1.29 is 18.8 Å². The number of rotatable bonds is 5. The summed E-state index contributed by atoms with van der Waals surface area (Å²) in [4.78, 5) is 23.1. The zero-order chi connectivity index (χ0) is 15.7. The molecule has 1 aliphatic heterocycles. The van der Waals surface area contributed by atoms with Crippen LogP contribution in [0.15, 0.2) is 0 Å². The van der Waals surface area contributed by atoms with E-state index in [4.69, 9.17) is 4.43 Å². The van der Waals surface area contributed by atoms with Gasteiger partial charge < -0.3 is 14.5 Å². The highest BCUT2D eigenvalue weighted by molar-refractivity contribution is 6.74. The summed E-state index contributed by atoms with van der Waals surface area (Å²) in [6.07, 6.45) is 0.0253. The second-order valence-electron chi connectivity index (χ2n) is 7.00. The zero-order valence-electron chi connectivity index (χ0n) is 13.6. The fraction of sp³-hybridized carbons (Fsp3) is 0.857. The highest BCUT2D eigenvalue weighted by Crippen LogP contribution is 2.39. The van der Waals surface area contributed by atoms with Gasteiger partial charge in [-0.1, -0.05) is 20.8 Å². The fourth-order valence-electron chi connectivity index (χ4n) is 2.15. The van der Waals surface area contributed by atoms with E-state index in [0.29, 0.717) is 0 Å². The number of carbonyl (C=O) groups is 2. The predicted octanol–water partition coefficient (Wildman–Crippen LogP) is 2.07. The van der Waals surface area contributed by atoms with Crippen molar-refractivity contribution in [3.8, 4) is 0 Å². The number of ether oxygens (including phenoxy) is 1. The Balaban J connectivity index is 2.68. The molecule has 1 fully saturated rings. The van der Waals surface area contributed by atoms with E-state index < -0.39 is 8.32 Å². The SMILES string of the molecule is COC(=O)CC1NC(=O)C1[C@@H](C)O[Si](C)(C)C(C)(C)C. The van der Waals surface area contributed by atoms with Gasteiger partial charge >= 0.3 is 5.97 Å². The van der Waals surface area contributed by atoms with Gasteiger partial charge in [0.1, 0.15) is 0 Å². The molecule has 0 aromatic carbocycles. The van der Waals surface area contributed by atoms with Crippen LogP contribution in [-0.2, 0) is 18.8 Å². The van der Waals surface area contributed by atoms with Gasteiger partial charge in [0, 0.05) is 0 Å². The van der Waals surface area contributed by atoms with Gasteiger partial charge in [-0.15, -0.1) is 0 Å². The van der Waals surface area contributed by atoms with Gasteiger partial charge in [-0.05, 0) is 25.1 Å². The van der Waals surface area contributed by atoms with E-state index in [1.807, 2.05) is 6.92 Å². The van der Waals surface area contributed by atoms with Crippen molar-refractivity contribution in [3.05, 3.63) is 0 Å². The highest BCUT2D eigenvalue weighted by atomic mass is 28.4. The molecule has 20 heavy (non-hydrogen) atoms. The lowest BCUT2D eigenvalue weighted by Gasteiger charge is -2.45. The minimum Gasteiger partial charge on any atom is -0.469 e. The molecule has 0 aromatic rings. The quantitative estimate of drug-likeness (QED) is 0.480. The van der Waals surface area contributed by atoms with Gasteiger partial charge in [-0.25, -0.2) is 0 Å². The van der Waals surface area contributed by atoms with E-state index in [1.54, 1.807) is 0 Å². The summed E-state index contributed by atoms with van der Waals surface area (Å²) in [5.74, 6) is -0.604. The van der Waals surface area contributed by atoms with Crippen LogP contribution in [0.2, 0.25) is 18.1 Å². The van der Waals surface area contributed by atoms with Crippen LogP contribution in [0.25, 0.3) is 0 Å². The Morgan fingerprint density at radius 3 is 2.35 bits per heavy atom. The Kier molecular flexibility index (Phi) is 5.02. The van der Waals surface area contributed by atoms with E-state index >= 15 is 0 Å². The van der Waals surface area contributed by atoms with Crippen LogP contribution in [0.3, 0.4) is 0 Å².